The zero-order chi connectivity index (χ0) is 14.8. The highest BCUT2D eigenvalue weighted by atomic mass is 19.4. The molecule has 1 N–H and O–H groups in total. The molecule has 3 nitrogen and oxygen atoms in total. The fourth-order valence-corrected chi connectivity index (χ4v) is 1.57. The minimum atomic E-state index is -4.50. The van der Waals surface area contributed by atoms with E-state index in [1.165, 1.54) is 24.1 Å². The Kier molecular flexibility index (Phi) is 4.44. The molecule has 1 amide bonds. The van der Waals surface area contributed by atoms with Gasteiger partial charge in [-0.05, 0) is 32.0 Å². The molecule has 0 spiro atoms. The molecule has 1 aromatic rings. The maximum atomic E-state index is 12.9. The second-order valence-corrected chi connectivity index (χ2v) is 4.52. The minimum absolute atomic E-state index is 0.0301. The van der Waals surface area contributed by atoms with E-state index >= 15 is 0 Å². The van der Waals surface area contributed by atoms with Crippen LogP contribution < -0.4 is 5.32 Å². The lowest BCUT2D eigenvalue weighted by atomic mass is 10.1. The first-order chi connectivity index (χ1) is 8.68. The Labute approximate surface area is 110 Å². The first-order valence-electron chi connectivity index (χ1n) is 5.84. The van der Waals surface area contributed by atoms with E-state index in [0.29, 0.717) is 0 Å². The van der Waals surface area contributed by atoms with Crippen LogP contribution in [0.25, 0.3) is 0 Å². The van der Waals surface area contributed by atoms with Gasteiger partial charge in [0.05, 0.1) is 5.56 Å². The number of hydrogen-bond donors (Lipinski definition) is 1. The van der Waals surface area contributed by atoms with Crippen LogP contribution >= 0.6 is 0 Å². The summed E-state index contributed by atoms with van der Waals surface area (Å²) in [5.74, 6) is -0.428. The molecule has 0 radical (unpaired) electrons. The number of benzene rings is 1. The predicted octanol–water partition coefficient (Wildman–Crippen LogP) is 3.23. The second-order valence-electron chi connectivity index (χ2n) is 4.52. The van der Waals surface area contributed by atoms with Gasteiger partial charge in [-0.15, -0.1) is 0 Å². The van der Waals surface area contributed by atoms with E-state index in [2.05, 4.69) is 5.32 Å². The van der Waals surface area contributed by atoms with Gasteiger partial charge in [-0.25, -0.2) is 0 Å². The Morgan fingerprint density at radius 1 is 1.32 bits per heavy atom. The lowest BCUT2D eigenvalue weighted by Crippen LogP contribution is -2.33. The molecule has 0 saturated carbocycles. The van der Waals surface area contributed by atoms with Gasteiger partial charge in [-0.2, -0.15) is 13.2 Å². The summed E-state index contributed by atoms with van der Waals surface area (Å²) >= 11 is 0. The van der Waals surface area contributed by atoms with E-state index in [-0.39, 0.29) is 17.3 Å². The van der Waals surface area contributed by atoms with Gasteiger partial charge in [-0.1, -0.05) is 0 Å². The fourth-order valence-electron chi connectivity index (χ4n) is 1.57. The Balaban J connectivity index is 3.23. The molecule has 1 aromatic carbocycles. The smallest absolute Gasteiger partial charge is 0.388 e. The average Bonchev–Trinajstić information content (AvgIpc) is 2.35. The topological polar surface area (TPSA) is 32.3 Å². The lowest BCUT2D eigenvalue weighted by Gasteiger charge is -2.22. The second kappa shape index (κ2) is 5.50. The number of hydrogen-bond acceptors (Lipinski definition) is 2. The Morgan fingerprint density at radius 2 is 1.89 bits per heavy atom. The third-order valence-corrected chi connectivity index (χ3v) is 2.94. The Morgan fingerprint density at radius 3 is 2.32 bits per heavy atom. The molecule has 0 unspecified atom stereocenters. The van der Waals surface area contributed by atoms with Crippen LogP contribution in [-0.4, -0.2) is 30.9 Å². The molecule has 6 heteroatoms. The third kappa shape index (κ3) is 3.39. The van der Waals surface area contributed by atoms with Gasteiger partial charge in [0.25, 0.3) is 5.91 Å². The molecule has 0 aliphatic rings. The number of nitrogens with one attached hydrogen (secondary N) is 1. The molecule has 0 aliphatic carbocycles. The maximum absolute atomic E-state index is 12.9. The number of amides is 1. The van der Waals surface area contributed by atoms with Gasteiger partial charge in [0.15, 0.2) is 0 Å². The van der Waals surface area contributed by atoms with Gasteiger partial charge in [-0.3, -0.25) is 4.79 Å². The van der Waals surface area contributed by atoms with E-state index in [1.54, 1.807) is 20.9 Å². The zero-order valence-electron chi connectivity index (χ0n) is 11.3. The minimum Gasteiger partial charge on any atom is -0.388 e. The van der Waals surface area contributed by atoms with Gasteiger partial charge < -0.3 is 10.2 Å². The Hall–Kier alpha value is -1.72. The third-order valence-electron chi connectivity index (χ3n) is 2.94. The van der Waals surface area contributed by atoms with Crippen LogP contribution in [0.1, 0.15) is 29.8 Å². The number of carbonyl (C=O) groups is 1. The molecule has 19 heavy (non-hydrogen) atoms. The van der Waals surface area contributed by atoms with Crippen molar-refractivity contribution in [3.05, 3.63) is 29.3 Å². The molecule has 106 valence electrons. The molecule has 0 fully saturated rings. The summed E-state index contributed by atoms with van der Waals surface area (Å²) in [5.41, 5.74) is -0.850. The lowest BCUT2D eigenvalue weighted by molar-refractivity contribution is -0.136. The van der Waals surface area contributed by atoms with Crippen LogP contribution in [0.15, 0.2) is 18.2 Å². The van der Waals surface area contributed by atoms with E-state index in [0.717, 1.165) is 6.07 Å². The summed E-state index contributed by atoms with van der Waals surface area (Å²) < 4.78 is 38.6. The monoisotopic (exact) mass is 274 g/mol. The standard InChI is InChI=1S/C13H17F3N2O/c1-8(2)18(4)12(19)9-5-6-11(17-3)10(7-9)13(14,15)16/h5-8,17H,1-4H3. The van der Waals surface area contributed by atoms with Gasteiger partial charge >= 0.3 is 6.18 Å². The van der Waals surface area contributed by atoms with Crippen molar-refractivity contribution in [1.82, 2.24) is 4.90 Å². The van der Waals surface area contributed by atoms with Crippen molar-refractivity contribution < 1.29 is 18.0 Å². The number of anilines is 1. The summed E-state index contributed by atoms with van der Waals surface area (Å²) in [6, 6.07) is 3.46. The molecule has 0 aromatic heterocycles. The van der Waals surface area contributed by atoms with Crippen LogP contribution in [-0.2, 0) is 6.18 Å². The van der Waals surface area contributed by atoms with Gasteiger partial charge in [0.1, 0.15) is 0 Å². The highest BCUT2D eigenvalue weighted by Crippen LogP contribution is 2.35. The maximum Gasteiger partial charge on any atom is 0.418 e. The van der Waals surface area contributed by atoms with Crippen LogP contribution in [0.5, 0.6) is 0 Å². The van der Waals surface area contributed by atoms with Crippen molar-refractivity contribution in [2.24, 2.45) is 0 Å². The van der Waals surface area contributed by atoms with E-state index in [4.69, 9.17) is 0 Å². The molecule has 0 bridgehead atoms. The summed E-state index contributed by atoms with van der Waals surface area (Å²) in [5, 5.41) is 2.48. The van der Waals surface area contributed by atoms with Crippen molar-refractivity contribution in [2.45, 2.75) is 26.1 Å². The number of halogens is 3. The normalized spacial score (nSPS) is 11.6. The molecule has 0 aliphatic heterocycles. The van der Waals surface area contributed by atoms with Crippen molar-refractivity contribution in [2.75, 3.05) is 19.4 Å². The first-order valence-corrected chi connectivity index (χ1v) is 5.84. The fraction of sp³-hybridized carbons (Fsp3) is 0.462. The SMILES string of the molecule is CNc1ccc(C(=O)N(C)C(C)C)cc1C(F)(F)F. The number of rotatable bonds is 3. The summed E-state index contributed by atoms with van der Waals surface area (Å²) in [7, 11) is 2.97. The number of carbonyl (C=O) groups excluding carboxylic acids is 1. The van der Waals surface area contributed by atoms with Crippen molar-refractivity contribution in [3.63, 3.8) is 0 Å². The van der Waals surface area contributed by atoms with Crippen molar-refractivity contribution in [3.8, 4) is 0 Å². The molecule has 0 heterocycles. The summed E-state index contributed by atoms with van der Waals surface area (Å²) in [4.78, 5) is 13.4. The van der Waals surface area contributed by atoms with Crippen LogP contribution in [0.2, 0.25) is 0 Å². The molecule has 0 saturated heterocycles. The average molecular weight is 274 g/mol. The molecular formula is C13H17F3N2O. The van der Waals surface area contributed by atoms with E-state index in [9.17, 15) is 18.0 Å². The van der Waals surface area contributed by atoms with Gasteiger partial charge in [0.2, 0.25) is 0 Å². The van der Waals surface area contributed by atoms with Crippen molar-refractivity contribution in [1.29, 1.82) is 0 Å². The van der Waals surface area contributed by atoms with Gasteiger partial charge in [0, 0.05) is 31.4 Å². The largest absolute Gasteiger partial charge is 0.418 e. The highest BCUT2D eigenvalue weighted by Gasteiger charge is 2.34. The molecular weight excluding hydrogens is 257 g/mol. The first kappa shape index (κ1) is 15.3. The zero-order valence-corrected chi connectivity index (χ0v) is 11.3. The predicted molar refractivity (Wildman–Crippen MR) is 68.2 cm³/mol. The highest BCUT2D eigenvalue weighted by molar-refractivity contribution is 5.95. The van der Waals surface area contributed by atoms with Crippen LogP contribution in [0.3, 0.4) is 0 Å². The Bertz CT molecular complexity index is 469. The van der Waals surface area contributed by atoms with Crippen molar-refractivity contribution >= 4 is 11.6 Å². The molecule has 1 rings (SSSR count). The summed E-state index contributed by atoms with van der Waals surface area (Å²) in [6.07, 6.45) is -4.50. The van der Waals surface area contributed by atoms with Crippen LogP contribution in [0, 0.1) is 0 Å². The quantitative estimate of drug-likeness (QED) is 0.917. The van der Waals surface area contributed by atoms with Crippen LogP contribution in [0.4, 0.5) is 18.9 Å². The van der Waals surface area contributed by atoms with E-state index in [1.807, 2.05) is 0 Å². The number of nitrogens with zero attached hydrogens (tertiary/aromatic N) is 1. The number of alkyl halides is 3. The van der Waals surface area contributed by atoms with E-state index < -0.39 is 17.6 Å². The molecule has 0 atom stereocenters. The summed E-state index contributed by atoms with van der Waals surface area (Å²) in [6.45, 7) is 3.59.